The van der Waals surface area contributed by atoms with Crippen LogP contribution in [0.2, 0.25) is 0 Å². The summed E-state index contributed by atoms with van der Waals surface area (Å²) in [6.07, 6.45) is -23.9. The van der Waals surface area contributed by atoms with Gasteiger partial charge in [-0.2, -0.15) is 0 Å². The molecule has 7 unspecified atom stereocenters. The molecule has 15 heteroatoms. The van der Waals surface area contributed by atoms with Crippen LogP contribution in [0.4, 0.5) is 0 Å². The smallest absolute Gasteiger partial charge is 0.187 e. The molecule has 0 radical (unpaired) electrons. The number of rotatable bonds is 6. The number of hydrogen-bond donors (Lipinski definition) is 10. The van der Waals surface area contributed by atoms with E-state index in [0.29, 0.717) is 0 Å². The van der Waals surface area contributed by atoms with Gasteiger partial charge < -0.3 is 74.7 Å². The first-order chi connectivity index (χ1) is 15.5. The minimum Gasteiger partial charge on any atom is -0.394 e. The fraction of sp³-hybridized carbons (Fsp3) is 1.00. The first-order valence-electron chi connectivity index (χ1n) is 10.4. The van der Waals surface area contributed by atoms with E-state index in [-0.39, 0.29) is 0 Å². The summed E-state index contributed by atoms with van der Waals surface area (Å²) in [4.78, 5) is 0. The van der Waals surface area contributed by atoms with Crippen molar-refractivity contribution in [3.8, 4) is 0 Å². The molecule has 0 amide bonds. The van der Waals surface area contributed by atoms with E-state index in [0.717, 1.165) is 0 Å². The van der Waals surface area contributed by atoms with Gasteiger partial charge in [-0.15, -0.1) is 0 Å². The minimum absolute atomic E-state index is 0.730. The van der Waals surface area contributed by atoms with E-state index in [2.05, 4.69) is 0 Å². The highest BCUT2D eigenvalue weighted by Crippen LogP contribution is 2.32. The lowest BCUT2D eigenvalue weighted by Crippen LogP contribution is -2.66. The van der Waals surface area contributed by atoms with Crippen molar-refractivity contribution in [3.63, 3.8) is 0 Å². The fourth-order valence-electron chi connectivity index (χ4n) is 3.99. The van der Waals surface area contributed by atoms with Crippen molar-refractivity contribution in [1.82, 2.24) is 0 Å². The summed E-state index contributed by atoms with van der Waals surface area (Å²) in [5.74, 6) is 0. The van der Waals surface area contributed by atoms with Crippen LogP contribution in [0.3, 0.4) is 0 Å². The minimum atomic E-state index is -1.86. The van der Waals surface area contributed by atoms with Crippen molar-refractivity contribution in [3.05, 3.63) is 0 Å². The maximum absolute atomic E-state index is 10.8. The molecule has 3 aliphatic rings. The van der Waals surface area contributed by atoms with Crippen molar-refractivity contribution in [2.75, 3.05) is 13.2 Å². The normalized spacial score (nSPS) is 53.7. The Bertz CT molecular complexity index is 624. The van der Waals surface area contributed by atoms with Gasteiger partial charge in [-0.25, -0.2) is 0 Å². The van der Waals surface area contributed by atoms with E-state index in [1.807, 2.05) is 0 Å². The molecule has 0 aromatic heterocycles. The number of aliphatic hydroxyl groups excluding tert-OH is 10. The molecule has 10 N–H and O–H groups in total. The van der Waals surface area contributed by atoms with Crippen LogP contribution >= 0.6 is 0 Å². The molecule has 33 heavy (non-hydrogen) atoms. The molecule has 3 saturated heterocycles. The molecule has 0 aliphatic carbocycles. The van der Waals surface area contributed by atoms with E-state index >= 15 is 0 Å². The summed E-state index contributed by atoms with van der Waals surface area (Å²) in [6, 6.07) is 0. The van der Waals surface area contributed by atoms with E-state index in [1.54, 1.807) is 0 Å². The van der Waals surface area contributed by atoms with Gasteiger partial charge in [0.05, 0.1) is 19.3 Å². The van der Waals surface area contributed by atoms with Gasteiger partial charge >= 0.3 is 0 Å². The molecule has 0 aromatic rings. The highest BCUT2D eigenvalue weighted by atomic mass is 16.8. The van der Waals surface area contributed by atoms with Gasteiger partial charge in [0, 0.05) is 0 Å². The highest BCUT2D eigenvalue weighted by Gasteiger charge is 2.53. The van der Waals surface area contributed by atoms with Crippen LogP contribution < -0.4 is 0 Å². The molecule has 3 fully saturated rings. The van der Waals surface area contributed by atoms with Gasteiger partial charge in [0.1, 0.15) is 67.1 Å². The molecule has 3 aliphatic heterocycles. The zero-order valence-electron chi connectivity index (χ0n) is 17.6. The van der Waals surface area contributed by atoms with E-state index < -0.39 is 105 Å². The van der Waals surface area contributed by atoms with Crippen molar-refractivity contribution < 1.29 is 74.7 Å². The predicted octanol–water partition coefficient (Wildman–Crippen LogP) is -6.55. The standard InChI is InChI=1S/C18H32O15/c1-4-7(21)9(23)11(25)17(29-4)33-15-13(27)14(6(3-20)30-16(15)28)32-18-12(26)10(24)8(22)5(2-19)31-18/h4-28H,2-3H2,1H3/t4?,5?,6?,7?,8-,9+,10-,11+,12+,13-,14-,15+,16?,17?,18?/m1/s1. The van der Waals surface area contributed by atoms with Gasteiger partial charge in [-0.1, -0.05) is 0 Å². The van der Waals surface area contributed by atoms with Gasteiger partial charge in [0.2, 0.25) is 0 Å². The van der Waals surface area contributed by atoms with E-state index in [9.17, 15) is 51.1 Å². The van der Waals surface area contributed by atoms with Crippen LogP contribution in [0.1, 0.15) is 6.92 Å². The molecule has 15 atom stereocenters. The average molecular weight is 488 g/mol. The molecule has 0 bridgehead atoms. The zero-order valence-corrected chi connectivity index (χ0v) is 17.6. The Hall–Kier alpha value is -0.600. The van der Waals surface area contributed by atoms with Crippen molar-refractivity contribution in [2.45, 2.75) is 99.0 Å². The van der Waals surface area contributed by atoms with Gasteiger partial charge in [-0.05, 0) is 6.92 Å². The van der Waals surface area contributed by atoms with Crippen LogP contribution in [0.25, 0.3) is 0 Å². The Morgan fingerprint density at radius 1 is 0.545 bits per heavy atom. The third kappa shape index (κ3) is 5.32. The molecule has 0 spiro atoms. The molecule has 0 saturated carbocycles. The van der Waals surface area contributed by atoms with Crippen LogP contribution in [0, 0.1) is 0 Å². The topological polar surface area (TPSA) is 248 Å². The largest absolute Gasteiger partial charge is 0.394 e. The van der Waals surface area contributed by atoms with E-state index in [4.69, 9.17) is 23.7 Å². The quantitative estimate of drug-likeness (QED) is 0.167. The highest BCUT2D eigenvalue weighted by molar-refractivity contribution is 4.95. The van der Waals surface area contributed by atoms with Crippen LogP contribution in [-0.4, -0.2) is 156 Å². The second-order valence-electron chi connectivity index (χ2n) is 8.32. The number of hydrogen-bond acceptors (Lipinski definition) is 15. The summed E-state index contributed by atoms with van der Waals surface area (Å²) < 4.78 is 26.6. The number of ether oxygens (including phenoxy) is 5. The lowest BCUT2D eigenvalue weighted by atomic mass is 9.96. The third-order valence-corrected chi connectivity index (χ3v) is 6.05. The zero-order chi connectivity index (χ0) is 24.6. The molecule has 15 nitrogen and oxygen atoms in total. The second-order valence-corrected chi connectivity index (χ2v) is 8.32. The lowest BCUT2D eigenvalue weighted by molar-refractivity contribution is -0.381. The molecular weight excluding hydrogens is 456 g/mol. The summed E-state index contributed by atoms with van der Waals surface area (Å²) in [6.45, 7) is -0.105. The Labute approximate surface area is 187 Å². The predicted molar refractivity (Wildman–Crippen MR) is 99.8 cm³/mol. The van der Waals surface area contributed by atoms with Gasteiger partial charge in [0.25, 0.3) is 0 Å². The first-order valence-corrected chi connectivity index (χ1v) is 10.4. The maximum Gasteiger partial charge on any atom is 0.187 e. The van der Waals surface area contributed by atoms with Crippen LogP contribution in [-0.2, 0) is 23.7 Å². The third-order valence-electron chi connectivity index (χ3n) is 6.05. The van der Waals surface area contributed by atoms with E-state index in [1.165, 1.54) is 6.92 Å². The van der Waals surface area contributed by atoms with Crippen molar-refractivity contribution in [2.24, 2.45) is 0 Å². The molecule has 3 heterocycles. The monoisotopic (exact) mass is 488 g/mol. The van der Waals surface area contributed by atoms with Gasteiger partial charge in [-0.3, -0.25) is 0 Å². The Morgan fingerprint density at radius 2 is 1.06 bits per heavy atom. The Kier molecular flexibility index (Phi) is 8.99. The Balaban J connectivity index is 1.75. The number of aliphatic hydroxyl groups is 10. The summed E-state index contributed by atoms with van der Waals surface area (Å²) >= 11 is 0. The molecular formula is C18H32O15. The lowest BCUT2D eigenvalue weighted by Gasteiger charge is -2.47. The molecule has 3 rings (SSSR count). The molecule has 194 valence electrons. The fourth-order valence-corrected chi connectivity index (χ4v) is 3.99. The summed E-state index contributed by atoms with van der Waals surface area (Å²) in [5.41, 5.74) is 0. The summed E-state index contributed by atoms with van der Waals surface area (Å²) in [5, 5.41) is 99.8. The van der Waals surface area contributed by atoms with Crippen LogP contribution in [0.5, 0.6) is 0 Å². The Morgan fingerprint density at radius 3 is 1.64 bits per heavy atom. The van der Waals surface area contributed by atoms with Gasteiger partial charge in [0.15, 0.2) is 18.9 Å². The van der Waals surface area contributed by atoms with Crippen molar-refractivity contribution >= 4 is 0 Å². The summed E-state index contributed by atoms with van der Waals surface area (Å²) in [7, 11) is 0. The maximum atomic E-state index is 10.8. The van der Waals surface area contributed by atoms with Crippen LogP contribution in [0.15, 0.2) is 0 Å². The first kappa shape index (κ1) is 27.0. The SMILES string of the molecule is CC1OC(O[C@@H]2C(O)OC(CO)[C@@H](OC3OC(CO)[C@@H](O)[C@@H](O)[C@@H]3O)[C@H]2O)[C@@H](O)[C@@H](O)C1O. The molecule has 0 aromatic carbocycles. The van der Waals surface area contributed by atoms with Crippen molar-refractivity contribution in [1.29, 1.82) is 0 Å². The average Bonchev–Trinajstić information content (AvgIpc) is 2.79. The second kappa shape index (κ2) is 11.0.